The number of hydrogen-bond acceptors (Lipinski definition) is 7. The molecule has 8 nitrogen and oxygen atoms in total. The number of fused-ring (bicyclic) bond motifs is 1. The minimum Gasteiger partial charge on any atom is -0.496 e. The number of para-hydroxylation sites is 1. The summed E-state index contributed by atoms with van der Waals surface area (Å²) in [4.78, 5) is 35.2. The van der Waals surface area contributed by atoms with E-state index < -0.39 is 11.6 Å². The molecule has 9 heteroatoms. The SMILES string of the molecule is COc1ccccc1C(CN(C=O)c1sc(-c2ncco2)c(C)c1C(=O)N(C)C(C)(C)C)O[C@@H]1CC2C=CCC2C1. The number of allylic oxidation sites excluding steroid dienone is 2. The average molecular weight is 578 g/mol. The lowest BCUT2D eigenvalue weighted by atomic mass is 10.0. The first-order valence-electron chi connectivity index (χ1n) is 14.1. The third kappa shape index (κ3) is 5.83. The quantitative estimate of drug-likeness (QED) is 0.198. The van der Waals surface area contributed by atoms with E-state index in [0.717, 1.165) is 36.8 Å². The molecule has 218 valence electrons. The monoisotopic (exact) mass is 577 g/mol. The molecular formula is C32H39N3O5S. The van der Waals surface area contributed by atoms with Crippen molar-refractivity contribution in [3.8, 4) is 16.5 Å². The molecule has 0 saturated heterocycles. The number of rotatable bonds is 10. The van der Waals surface area contributed by atoms with Crippen LogP contribution in [0.25, 0.3) is 10.8 Å². The average Bonchev–Trinajstić information content (AvgIpc) is 3.74. The van der Waals surface area contributed by atoms with E-state index in [-0.39, 0.29) is 18.6 Å². The van der Waals surface area contributed by atoms with Crippen molar-refractivity contribution < 1.29 is 23.5 Å². The van der Waals surface area contributed by atoms with Gasteiger partial charge in [0.2, 0.25) is 12.3 Å². The van der Waals surface area contributed by atoms with Crippen molar-refractivity contribution in [3.63, 3.8) is 0 Å². The Labute approximate surface area is 246 Å². The van der Waals surface area contributed by atoms with E-state index in [1.807, 2.05) is 52.0 Å². The van der Waals surface area contributed by atoms with Gasteiger partial charge in [0.25, 0.3) is 5.91 Å². The van der Waals surface area contributed by atoms with Crippen LogP contribution in [0.5, 0.6) is 5.75 Å². The number of carbonyl (C=O) groups excluding carboxylic acids is 2. The van der Waals surface area contributed by atoms with Gasteiger partial charge in [0.05, 0.1) is 36.4 Å². The lowest BCUT2D eigenvalue weighted by Crippen LogP contribution is -2.43. The number of anilines is 1. The van der Waals surface area contributed by atoms with E-state index in [9.17, 15) is 9.59 Å². The second-order valence-electron chi connectivity index (χ2n) is 11.9. The maximum atomic E-state index is 14.0. The standard InChI is InChI=1S/C32H39N3O5S/c1-20-27(30(37)34(5)32(2,3)4)31(41-28(20)29-33-14-15-39-29)35(19-36)18-26(24-12-7-8-13-25(24)38-6)40-23-16-21-10-9-11-22(21)17-23/h7-10,12-15,19,21-23,26H,11,16-18H2,1-6H3/t21?,22?,23-,26?/m1/s1. The van der Waals surface area contributed by atoms with Crippen molar-refractivity contribution in [1.29, 1.82) is 0 Å². The zero-order chi connectivity index (χ0) is 29.3. The molecule has 1 fully saturated rings. The predicted molar refractivity (Wildman–Crippen MR) is 160 cm³/mol. The van der Waals surface area contributed by atoms with Crippen LogP contribution >= 0.6 is 11.3 Å². The van der Waals surface area contributed by atoms with E-state index in [4.69, 9.17) is 13.9 Å². The summed E-state index contributed by atoms with van der Waals surface area (Å²) in [6.07, 6.45) is 11.1. The Bertz CT molecular complexity index is 1410. The van der Waals surface area contributed by atoms with Gasteiger partial charge >= 0.3 is 0 Å². The first-order chi connectivity index (χ1) is 19.6. The number of carbonyl (C=O) groups is 2. The van der Waals surface area contributed by atoms with Crippen LogP contribution in [-0.2, 0) is 9.53 Å². The van der Waals surface area contributed by atoms with Crippen LogP contribution in [0.15, 0.2) is 53.3 Å². The zero-order valence-electron chi connectivity index (χ0n) is 24.6. The number of methoxy groups -OCH3 is 1. The number of thiophene rings is 1. The van der Waals surface area contributed by atoms with Gasteiger partial charge in [-0.1, -0.05) is 30.4 Å². The summed E-state index contributed by atoms with van der Waals surface area (Å²) >= 11 is 1.33. The van der Waals surface area contributed by atoms with Gasteiger partial charge in [0.1, 0.15) is 23.1 Å². The molecule has 41 heavy (non-hydrogen) atoms. The fraction of sp³-hybridized carbons (Fsp3) is 0.469. The van der Waals surface area contributed by atoms with Crippen molar-refractivity contribution >= 4 is 28.7 Å². The van der Waals surface area contributed by atoms with Gasteiger partial charge in [-0.3, -0.25) is 9.59 Å². The summed E-state index contributed by atoms with van der Waals surface area (Å²) in [6, 6.07) is 7.77. The molecular weight excluding hydrogens is 538 g/mol. The molecule has 3 aromatic rings. The highest BCUT2D eigenvalue weighted by molar-refractivity contribution is 7.20. The molecule has 0 spiro atoms. The number of nitrogens with zero attached hydrogens (tertiary/aromatic N) is 3. The summed E-state index contributed by atoms with van der Waals surface area (Å²) in [5.74, 6) is 2.10. The van der Waals surface area contributed by atoms with Gasteiger partial charge in [-0.2, -0.15) is 0 Å². The molecule has 2 heterocycles. The molecule has 0 bridgehead atoms. The lowest BCUT2D eigenvalue weighted by Gasteiger charge is -2.33. The molecule has 1 aromatic carbocycles. The van der Waals surface area contributed by atoms with Crippen LogP contribution < -0.4 is 9.64 Å². The molecule has 2 aromatic heterocycles. The van der Waals surface area contributed by atoms with Gasteiger partial charge < -0.3 is 23.7 Å². The summed E-state index contributed by atoms with van der Waals surface area (Å²) in [5.41, 5.74) is 1.64. The Morgan fingerprint density at radius 3 is 2.71 bits per heavy atom. The molecule has 3 unspecified atom stereocenters. The summed E-state index contributed by atoms with van der Waals surface area (Å²) < 4.78 is 18.1. The number of oxazole rings is 1. The smallest absolute Gasteiger partial charge is 0.257 e. The van der Waals surface area contributed by atoms with Gasteiger partial charge in [-0.15, -0.1) is 11.3 Å². The summed E-state index contributed by atoms with van der Waals surface area (Å²) in [7, 11) is 3.42. The van der Waals surface area contributed by atoms with E-state index >= 15 is 0 Å². The Balaban J connectivity index is 1.54. The number of ether oxygens (including phenoxy) is 2. The molecule has 0 aliphatic heterocycles. The number of amides is 2. The van der Waals surface area contributed by atoms with E-state index in [1.165, 1.54) is 17.6 Å². The molecule has 2 aliphatic rings. The predicted octanol–water partition coefficient (Wildman–Crippen LogP) is 6.67. The minimum absolute atomic E-state index is 0.0689. The van der Waals surface area contributed by atoms with Crippen LogP contribution in [0, 0.1) is 18.8 Å². The highest BCUT2D eigenvalue weighted by atomic mass is 32.1. The van der Waals surface area contributed by atoms with Gasteiger partial charge in [0, 0.05) is 18.2 Å². The van der Waals surface area contributed by atoms with Gasteiger partial charge in [-0.25, -0.2) is 4.98 Å². The van der Waals surface area contributed by atoms with Crippen LogP contribution in [0.1, 0.15) is 67.6 Å². The van der Waals surface area contributed by atoms with Crippen LogP contribution in [0.3, 0.4) is 0 Å². The van der Waals surface area contributed by atoms with Crippen LogP contribution in [0.2, 0.25) is 0 Å². The molecule has 4 atom stereocenters. The van der Waals surface area contributed by atoms with Crippen molar-refractivity contribution in [2.45, 2.75) is 64.7 Å². The molecule has 5 rings (SSSR count). The highest BCUT2D eigenvalue weighted by Crippen LogP contribution is 2.45. The number of hydrogen-bond donors (Lipinski definition) is 0. The first-order valence-corrected chi connectivity index (χ1v) is 14.9. The van der Waals surface area contributed by atoms with Crippen LogP contribution in [-0.4, -0.2) is 54.5 Å². The second kappa shape index (κ2) is 11.8. The highest BCUT2D eigenvalue weighted by Gasteiger charge is 2.38. The molecule has 1 saturated carbocycles. The molecule has 2 aliphatic carbocycles. The Morgan fingerprint density at radius 1 is 1.27 bits per heavy atom. The Kier molecular flexibility index (Phi) is 8.38. The van der Waals surface area contributed by atoms with Crippen molar-refractivity contribution in [2.75, 3.05) is 25.6 Å². The third-order valence-corrected chi connectivity index (χ3v) is 9.72. The van der Waals surface area contributed by atoms with E-state index in [2.05, 4.69) is 17.1 Å². The first kappa shape index (κ1) is 29.1. The van der Waals surface area contributed by atoms with E-state index in [0.29, 0.717) is 38.9 Å². The van der Waals surface area contributed by atoms with Gasteiger partial charge in [-0.05, 0) is 70.4 Å². The van der Waals surface area contributed by atoms with Crippen molar-refractivity contribution in [2.24, 2.45) is 11.8 Å². The molecule has 2 amide bonds. The van der Waals surface area contributed by atoms with Crippen LogP contribution in [0.4, 0.5) is 5.00 Å². The largest absolute Gasteiger partial charge is 0.496 e. The lowest BCUT2D eigenvalue weighted by molar-refractivity contribution is -0.108. The maximum Gasteiger partial charge on any atom is 0.257 e. The second-order valence-corrected chi connectivity index (χ2v) is 12.9. The topological polar surface area (TPSA) is 85.1 Å². The maximum absolute atomic E-state index is 14.0. The Hall–Kier alpha value is -3.43. The summed E-state index contributed by atoms with van der Waals surface area (Å²) in [6.45, 7) is 8.05. The summed E-state index contributed by atoms with van der Waals surface area (Å²) in [5, 5.41) is 0.543. The number of benzene rings is 1. The third-order valence-electron chi connectivity index (χ3n) is 8.40. The molecule has 0 radical (unpaired) electrons. The molecule has 0 N–H and O–H groups in total. The van der Waals surface area contributed by atoms with Gasteiger partial charge in [0.15, 0.2) is 0 Å². The zero-order valence-corrected chi connectivity index (χ0v) is 25.4. The minimum atomic E-state index is -0.458. The number of aromatic nitrogens is 1. The van der Waals surface area contributed by atoms with Crippen molar-refractivity contribution in [3.05, 3.63) is 65.6 Å². The normalized spacial score (nSPS) is 20.6. The van der Waals surface area contributed by atoms with E-state index in [1.54, 1.807) is 30.2 Å². The Morgan fingerprint density at radius 2 is 2.05 bits per heavy atom. The fourth-order valence-corrected chi connectivity index (χ4v) is 7.06. The fourth-order valence-electron chi connectivity index (χ4n) is 5.85. The van der Waals surface area contributed by atoms with Crippen molar-refractivity contribution in [1.82, 2.24) is 9.88 Å².